The molecule has 7 nitrogen and oxygen atoms in total. The van der Waals surface area contributed by atoms with E-state index in [1.807, 2.05) is 50.2 Å². The molecule has 0 spiro atoms. The van der Waals surface area contributed by atoms with Gasteiger partial charge in [0, 0.05) is 11.3 Å². The number of carbonyl (C=O) groups is 3. The van der Waals surface area contributed by atoms with Crippen molar-refractivity contribution in [1.82, 2.24) is 0 Å². The molecule has 182 valence electrons. The van der Waals surface area contributed by atoms with Crippen LogP contribution >= 0.6 is 0 Å². The van der Waals surface area contributed by atoms with Crippen LogP contribution in [-0.2, 0) is 14.3 Å². The van der Waals surface area contributed by atoms with Gasteiger partial charge in [-0.05, 0) is 47.9 Å². The van der Waals surface area contributed by atoms with E-state index in [2.05, 4.69) is 10.6 Å². The van der Waals surface area contributed by atoms with E-state index >= 15 is 0 Å². The average molecular weight is 475 g/mol. The maximum atomic E-state index is 12.8. The van der Waals surface area contributed by atoms with Crippen LogP contribution in [-0.4, -0.2) is 31.5 Å². The largest absolute Gasteiger partial charge is 0.495 e. The third-order valence-corrected chi connectivity index (χ3v) is 5.76. The Hall–Kier alpha value is -4.13. The number of benzene rings is 3. The van der Waals surface area contributed by atoms with Crippen LogP contribution < -0.4 is 15.4 Å². The fraction of sp³-hybridized carbons (Fsp3) is 0.250. The Labute approximate surface area is 205 Å². The van der Waals surface area contributed by atoms with Gasteiger partial charge in [-0.1, -0.05) is 62.7 Å². The van der Waals surface area contributed by atoms with Crippen molar-refractivity contribution in [2.75, 3.05) is 24.4 Å². The molecule has 3 aromatic carbocycles. The maximum Gasteiger partial charge on any atom is 0.314 e. The summed E-state index contributed by atoms with van der Waals surface area (Å²) in [5, 5.41) is 5.49. The van der Waals surface area contributed by atoms with E-state index in [-0.39, 0.29) is 11.8 Å². The Bertz CT molecular complexity index is 1150. The minimum atomic E-state index is -0.458. The van der Waals surface area contributed by atoms with Crippen molar-refractivity contribution in [2.24, 2.45) is 5.92 Å². The van der Waals surface area contributed by atoms with E-state index in [1.54, 1.807) is 42.5 Å². The molecule has 0 aliphatic heterocycles. The highest BCUT2D eigenvalue weighted by molar-refractivity contribution is 6.05. The van der Waals surface area contributed by atoms with Crippen LogP contribution in [0, 0.1) is 5.92 Å². The third-order valence-electron chi connectivity index (χ3n) is 5.76. The van der Waals surface area contributed by atoms with E-state index < -0.39 is 24.4 Å². The van der Waals surface area contributed by atoms with Crippen molar-refractivity contribution >= 4 is 29.2 Å². The van der Waals surface area contributed by atoms with Gasteiger partial charge < -0.3 is 20.1 Å². The Balaban J connectivity index is 1.55. The standard InChI is InChI=1S/C28H30N2O5/c1-4-19(2)26(20-10-6-5-7-11-20)28(33)35-18-25(31)29-22-16-14-21(15-17-22)27(32)30-23-12-8-9-13-24(23)34-3/h5-17,19,26H,4,18H2,1-3H3,(H,29,31)(H,30,32). The molecule has 3 rings (SSSR count). The van der Waals surface area contributed by atoms with Crippen LogP contribution in [0.5, 0.6) is 5.75 Å². The Kier molecular flexibility index (Phi) is 9.01. The van der Waals surface area contributed by atoms with Gasteiger partial charge in [-0.25, -0.2) is 0 Å². The zero-order valence-corrected chi connectivity index (χ0v) is 20.1. The first-order chi connectivity index (χ1) is 16.9. The molecule has 2 atom stereocenters. The second-order valence-corrected chi connectivity index (χ2v) is 8.16. The summed E-state index contributed by atoms with van der Waals surface area (Å²) in [4.78, 5) is 37.7. The molecule has 3 aromatic rings. The van der Waals surface area contributed by atoms with Gasteiger partial charge in [-0.2, -0.15) is 0 Å². The first-order valence-corrected chi connectivity index (χ1v) is 11.5. The number of carbonyl (C=O) groups excluding carboxylic acids is 3. The fourth-order valence-corrected chi connectivity index (χ4v) is 3.66. The Morgan fingerprint density at radius 1 is 0.857 bits per heavy atom. The predicted octanol–water partition coefficient (Wildman–Crippen LogP) is 5.26. The molecule has 2 unspecified atom stereocenters. The van der Waals surface area contributed by atoms with E-state index in [1.165, 1.54) is 7.11 Å². The highest BCUT2D eigenvalue weighted by Crippen LogP contribution is 2.28. The van der Waals surface area contributed by atoms with E-state index in [9.17, 15) is 14.4 Å². The highest BCUT2D eigenvalue weighted by atomic mass is 16.5. The van der Waals surface area contributed by atoms with Gasteiger partial charge in [-0.3, -0.25) is 14.4 Å². The number of amides is 2. The number of anilines is 2. The molecule has 0 aromatic heterocycles. The van der Waals surface area contributed by atoms with Gasteiger partial charge in [-0.15, -0.1) is 0 Å². The summed E-state index contributed by atoms with van der Waals surface area (Å²) in [7, 11) is 1.53. The molecule has 0 aliphatic rings. The summed E-state index contributed by atoms with van der Waals surface area (Å²) < 4.78 is 10.6. The Morgan fingerprint density at radius 3 is 2.17 bits per heavy atom. The van der Waals surface area contributed by atoms with Gasteiger partial charge in [0.2, 0.25) is 0 Å². The maximum absolute atomic E-state index is 12.8. The number of esters is 1. The summed E-state index contributed by atoms with van der Waals surface area (Å²) in [5.74, 6) is -0.998. The minimum Gasteiger partial charge on any atom is -0.495 e. The van der Waals surface area contributed by atoms with Crippen LogP contribution in [0.2, 0.25) is 0 Å². The molecule has 0 aliphatic carbocycles. The summed E-state index contributed by atoms with van der Waals surface area (Å²) in [6, 6.07) is 23.0. The lowest BCUT2D eigenvalue weighted by atomic mass is 9.86. The van der Waals surface area contributed by atoms with E-state index in [4.69, 9.17) is 9.47 Å². The molecule has 0 heterocycles. The van der Waals surface area contributed by atoms with Crippen molar-refractivity contribution < 1.29 is 23.9 Å². The quantitative estimate of drug-likeness (QED) is 0.391. The van der Waals surface area contributed by atoms with Gasteiger partial charge in [0.25, 0.3) is 11.8 Å². The SMILES string of the molecule is CCC(C)C(C(=O)OCC(=O)Nc1ccc(C(=O)Nc2ccccc2OC)cc1)c1ccccc1. The lowest BCUT2D eigenvalue weighted by Gasteiger charge is -2.21. The topological polar surface area (TPSA) is 93.7 Å². The molecule has 35 heavy (non-hydrogen) atoms. The van der Waals surface area contributed by atoms with Crippen molar-refractivity contribution in [3.63, 3.8) is 0 Å². The number of nitrogens with one attached hydrogen (secondary N) is 2. The second kappa shape index (κ2) is 12.4. The molecule has 7 heteroatoms. The van der Waals surface area contributed by atoms with Crippen LogP contribution in [0.3, 0.4) is 0 Å². The normalized spacial score (nSPS) is 12.2. The van der Waals surface area contributed by atoms with Gasteiger partial charge in [0.1, 0.15) is 5.75 Å². The molecule has 0 bridgehead atoms. The zero-order valence-electron chi connectivity index (χ0n) is 20.1. The number of ether oxygens (including phenoxy) is 2. The molecule has 0 saturated heterocycles. The molecule has 0 radical (unpaired) electrons. The summed E-state index contributed by atoms with van der Waals surface area (Å²) >= 11 is 0. The van der Waals surface area contributed by atoms with Crippen molar-refractivity contribution in [1.29, 1.82) is 0 Å². The smallest absolute Gasteiger partial charge is 0.314 e. The summed E-state index contributed by atoms with van der Waals surface area (Å²) in [6.45, 7) is 3.61. The van der Waals surface area contributed by atoms with Crippen LogP contribution in [0.25, 0.3) is 0 Å². The third kappa shape index (κ3) is 6.93. The van der Waals surface area contributed by atoms with E-state index in [0.717, 1.165) is 12.0 Å². The Morgan fingerprint density at radius 2 is 1.51 bits per heavy atom. The van der Waals surface area contributed by atoms with Crippen molar-refractivity contribution in [3.8, 4) is 5.75 Å². The number of hydrogen-bond donors (Lipinski definition) is 2. The lowest BCUT2D eigenvalue weighted by Crippen LogP contribution is -2.27. The average Bonchev–Trinajstić information content (AvgIpc) is 2.88. The van der Waals surface area contributed by atoms with Crippen LogP contribution in [0.15, 0.2) is 78.9 Å². The fourth-order valence-electron chi connectivity index (χ4n) is 3.66. The van der Waals surface area contributed by atoms with Gasteiger partial charge in [0.15, 0.2) is 6.61 Å². The molecule has 2 amide bonds. The second-order valence-electron chi connectivity index (χ2n) is 8.16. The van der Waals surface area contributed by atoms with Crippen LogP contribution in [0.1, 0.15) is 42.1 Å². The monoisotopic (exact) mass is 474 g/mol. The first-order valence-electron chi connectivity index (χ1n) is 11.5. The predicted molar refractivity (Wildman–Crippen MR) is 136 cm³/mol. The summed E-state index contributed by atoms with van der Waals surface area (Å²) in [5.41, 5.74) is 2.33. The molecular formula is C28H30N2O5. The minimum absolute atomic E-state index is 0.0718. The van der Waals surface area contributed by atoms with Gasteiger partial charge in [0.05, 0.1) is 18.7 Å². The zero-order chi connectivity index (χ0) is 25.2. The molecular weight excluding hydrogens is 444 g/mol. The van der Waals surface area contributed by atoms with Gasteiger partial charge >= 0.3 is 5.97 Å². The number of rotatable bonds is 10. The van der Waals surface area contributed by atoms with Crippen LogP contribution in [0.4, 0.5) is 11.4 Å². The van der Waals surface area contributed by atoms with E-state index in [0.29, 0.717) is 22.7 Å². The molecule has 0 fully saturated rings. The summed E-state index contributed by atoms with van der Waals surface area (Å²) in [6.07, 6.45) is 0.803. The number of methoxy groups -OCH3 is 1. The van der Waals surface area contributed by atoms with Crippen molar-refractivity contribution in [3.05, 3.63) is 90.0 Å². The molecule has 2 N–H and O–H groups in total. The first kappa shape index (κ1) is 25.5. The number of hydrogen-bond acceptors (Lipinski definition) is 5. The highest BCUT2D eigenvalue weighted by Gasteiger charge is 2.27. The number of para-hydroxylation sites is 2. The van der Waals surface area contributed by atoms with Crippen molar-refractivity contribution in [2.45, 2.75) is 26.2 Å². The molecule has 0 saturated carbocycles. The lowest BCUT2D eigenvalue weighted by molar-refractivity contribution is -0.150.